The number of carboxylic acids is 1. The first-order valence-corrected chi connectivity index (χ1v) is 14.2. The Labute approximate surface area is 241 Å². The highest BCUT2D eigenvalue weighted by Crippen LogP contribution is 2.37. The number of nitrogens with zero attached hydrogens (tertiary/aromatic N) is 1. The van der Waals surface area contributed by atoms with Crippen molar-refractivity contribution in [1.29, 1.82) is 0 Å². The van der Waals surface area contributed by atoms with E-state index in [9.17, 15) is 9.90 Å². The molecule has 6 nitrogen and oxygen atoms in total. The van der Waals surface area contributed by atoms with Crippen molar-refractivity contribution in [2.45, 2.75) is 45.3 Å². The zero-order chi connectivity index (χ0) is 28.9. The molecule has 3 aromatic rings. The highest BCUT2D eigenvalue weighted by molar-refractivity contribution is 6.00. The van der Waals surface area contributed by atoms with E-state index in [1.165, 1.54) is 0 Å². The molecule has 3 atom stereocenters. The monoisotopic (exact) mass is 547 g/mol. The highest BCUT2D eigenvalue weighted by atomic mass is 16.5. The molecule has 0 saturated carbocycles. The first-order chi connectivity index (χ1) is 19.9. The Hall–Kier alpha value is -4.42. The van der Waals surface area contributed by atoms with Crippen LogP contribution in [0.2, 0.25) is 0 Å². The molecule has 0 fully saturated rings. The lowest BCUT2D eigenvalue weighted by Gasteiger charge is -2.28. The van der Waals surface area contributed by atoms with Gasteiger partial charge < -0.3 is 20.1 Å². The normalized spacial score (nSPS) is 16.8. The fourth-order valence-electron chi connectivity index (χ4n) is 5.64. The van der Waals surface area contributed by atoms with Crippen molar-refractivity contribution in [3.63, 3.8) is 0 Å². The molecule has 210 valence electrons. The third-order valence-electron chi connectivity index (χ3n) is 7.82. The van der Waals surface area contributed by atoms with E-state index < -0.39 is 5.97 Å². The predicted octanol–water partition coefficient (Wildman–Crippen LogP) is 7.67. The van der Waals surface area contributed by atoms with Crippen LogP contribution >= 0.6 is 0 Å². The molecule has 3 N–H and O–H groups in total. The van der Waals surface area contributed by atoms with Crippen LogP contribution in [0.25, 0.3) is 40.4 Å². The Morgan fingerprint density at radius 3 is 2.73 bits per heavy atom. The molecular weight excluding hydrogens is 510 g/mol. The quantitative estimate of drug-likeness (QED) is 0.242. The van der Waals surface area contributed by atoms with Crippen LogP contribution in [0.4, 0.5) is 0 Å². The van der Waals surface area contributed by atoms with Crippen LogP contribution in [0.1, 0.15) is 59.1 Å². The number of aromatic amines is 1. The Balaban J connectivity index is 1.50. The number of aryl methyl sites for hydroxylation is 1. The van der Waals surface area contributed by atoms with Gasteiger partial charge in [-0.25, -0.2) is 9.78 Å². The number of methoxy groups -OCH3 is 1. The Bertz CT molecular complexity index is 1540. The summed E-state index contributed by atoms with van der Waals surface area (Å²) in [7, 11) is 1.67. The SMILES string of the molecule is C=C(N[C@H](CCC)C1C=CC=CC1)c1ccc(-c2c(C)cccc2-c2nc3c([nH]2)C=CC(OC)C=C3)c(C(=O)O)c1. The lowest BCUT2D eigenvalue weighted by molar-refractivity contribution is 0.0697. The van der Waals surface area contributed by atoms with Crippen molar-refractivity contribution < 1.29 is 14.6 Å². The van der Waals surface area contributed by atoms with E-state index in [2.05, 4.69) is 48.1 Å². The van der Waals surface area contributed by atoms with Crippen molar-refractivity contribution in [1.82, 2.24) is 15.3 Å². The summed E-state index contributed by atoms with van der Waals surface area (Å²) < 4.78 is 5.42. The van der Waals surface area contributed by atoms with Gasteiger partial charge in [-0.2, -0.15) is 0 Å². The molecule has 41 heavy (non-hydrogen) atoms. The van der Waals surface area contributed by atoms with E-state index in [1.807, 2.05) is 61.6 Å². The summed E-state index contributed by atoms with van der Waals surface area (Å²) in [6.07, 6.45) is 19.4. The highest BCUT2D eigenvalue weighted by Gasteiger charge is 2.23. The molecule has 1 aromatic heterocycles. The molecule has 0 radical (unpaired) electrons. The molecule has 0 aliphatic heterocycles. The molecule has 0 saturated heterocycles. The van der Waals surface area contributed by atoms with Crippen molar-refractivity contribution in [2.75, 3.05) is 7.11 Å². The number of H-pyrrole nitrogens is 1. The van der Waals surface area contributed by atoms with Crippen LogP contribution in [0.3, 0.4) is 0 Å². The summed E-state index contributed by atoms with van der Waals surface area (Å²) in [6, 6.07) is 11.8. The van der Waals surface area contributed by atoms with E-state index >= 15 is 0 Å². The number of aromatic nitrogens is 2. The zero-order valence-corrected chi connectivity index (χ0v) is 23.9. The number of aromatic carboxylic acids is 1. The number of rotatable bonds is 10. The van der Waals surface area contributed by atoms with Gasteiger partial charge in [0.2, 0.25) is 0 Å². The molecule has 2 aliphatic carbocycles. The molecule has 0 amide bonds. The summed E-state index contributed by atoms with van der Waals surface area (Å²) in [6.45, 7) is 8.48. The van der Waals surface area contributed by atoms with E-state index in [-0.39, 0.29) is 17.7 Å². The fraction of sp³-hybridized carbons (Fsp3) is 0.257. The van der Waals surface area contributed by atoms with Crippen LogP contribution in [0.5, 0.6) is 0 Å². The average Bonchev–Trinajstić information content (AvgIpc) is 3.29. The second kappa shape index (κ2) is 12.4. The van der Waals surface area contributed by atoms with Gasteiger partial charge in [0.05, 0.1) is 23.1 Å². The molecule has 2 aliphatic rings. The van der Waals surface area contributed by atoms with Gasteiger partial charge in [0.25, 0.3) is 0 Å². The molecule has 5 rings (SSSR count). The maximum atomic E-state index is 12.6. The van der Waals surface area contributed by atoms with Crippen molar-refractivity contribution in [3.8, 4) is 22.5 Å². The first-order valence-electron chi connectivity index (χ1n) is 14.2. The minimum atomic E-state index is -0.985. The number of ether oxygens (including phenoxy) is 1. The third-order valence-corrected chi connectivity index (χ3v) is 7.82. The van der Waals surface area contributed by atoms with Gasteiger partial charge in [-0.05, 0) is 72.4 Å². The third kappa shape index (κ3) is 6.03. The Kier molecular flexibility index (Phi) is 8.50. The van der Waals surface area contributed by atoms with Gasteiger partial charge in [0, 0.05) is 30.3 Å². The molecule has 1 heterocycles. The van der Waals surface area contributed by atoms with Gasteiger partial charge in [-0.15, -0.1) is 0 Å². The van der Waals surface area contributed by atoms with Crippen LogP contribution in [-0.2, 0) is 4.74 Å². The number of imidazole rings is 1. The van der Waals surface area contributed by atoms with E-state index in [4.69, 9.17) is 9.72 Å². The van der Waals surface area contributed by atoms with Crippen molar-refractivity contribution in [3.05, 3.63) is 108 Å². The van der Waals surface area contributed by atoms with Crippen LogP contribution in [-0.4, -0.2) is 40.3 Å². The molecule has 2 unspecified atom stereocenters. The average molecular weight is 548 g/mol. The van der Waals surface area contributed by atoms with Gasteiger partial charge >= 0.3 is 5.97 Å². The number of allylic oxidation sites excluding steroid dienone is 3. The summed E-state index contributed by atoms with van der Waals surface area (Å²) in [5.74, 6) is 0.0706. The number of fused-ring (bicyclic) bond motifs is 1. The lowest BCUT2D eigenvalue weighted by Crippen LogP contribution is -2.34. The van der Waals surface area contributed by atoms with E-state index in [0.717, 1.165) is 58.6 Å². The number of hydrogen-bond donors (Lipinski definition) is 3. The summed E-state index contributed by atoms with van der Waals surface area (Å²) in [5, 5.41) is 14.0. The number of nitrogens with one attached hydrogen (secondary N) is 2. The number of benzene rings is 2. The minimum absolute atomic E-state index is 0.107. The van der Waals surface area contributed by atoms with E-state index in [1.54, 1.807) is 13.2 Å². The topological polar surface area (TPSA) is 87.2 Å². The number of hydrogen-bond acceptors (Lipinski definition) is 4. The number of carbonyl (C=O) groups is 1. The van der Waals surface area contributed by atoms with Crippen molar-refractivity contribution >= 4 is 23.8 Å². The van der Waals surface area contributed by atoms with Crippen molar-refractivity contribution in [2.24, 2.45) is 5.92 Å². The molecule has 0 bridgehead atoms. The van der Waals surface area contributed by atoms with Gasteiger partial charge in [0.15, 0.2) is 0 Å². The minimum Gasteiger partial charge on any atom is -0.478 e. The number of carboxylic acid groups (broad SMARTS) is 1. The molecule has 0 spiro atoms. The van der Waals surface area contributed by atoms with Gasteiger partial charge in [0.1, 0.15) is 5.82 Å². The molecule has 6 heteroatoms. The fourth-order valence-corrected chi connectivity index (χ4v) is 5.64. The predicted molar refractivity (Wildman–Crippen MR) is 167 cm³/mol. The van der Waals surface area contributed by atoms with Gasteiger partial charge in [-0.1, -0.05) is 74.6 Å². The standard InChI is InChI=1S/C35H37N3O3/c1-5-10-30(24-12-7-6-8-13-24)36-23(3)25-15-18-27(29(21-25)35(39)40)33-22(2)11-9-14-28(33)34-37-31-19-16-26(41-4)17-20-32(31)38-34/h6-9,11-12,14-21,24,26,30,36H,3,5,10,13H2,1-2,4H3,(H,37,38)(H,39,40)/t24?,30-/m1/s1. The van der Waals surface area contributed by atoms with Crippen LogP contribution in [0.15, 0.2) is 79.4 Å². The maximum absolute atomic E-state index is 12.6. The summed E-state index contributed by atoms with van der Waals surface area (Å²) in [4.78, 5) is 20.9. The Morgan fingerprint density at radius 1 is 1.17 bits per heavy atom. The lowest BCUT2D eigenvalue weighted by atomic mass is 9.88. The van der Waals surface area contributed by atoms with E-state index in [0.29, 0.717) is 17.3 Å². The molecule has 2 aromatic carbocycles. The second-order valence-corrected chi connectivity index (χ2v) is 10.6. The maximum Gasteiger partial charge on any atom is 0.336 e. The largest absolute Gasteiger partial charge is 0.478 e. The second-order valence-electron chi connectivity index (χ2n) is 10.6. The summed E-state index contributed by atoms with van der Waals surface area (Å²) in [5.41, 5.74) is 6.70. The van der Waals surface area contributed by atoms with Crippen LogP contribution < -0.4 is 5.32 Å². The Morgan fingerprint density at radius 2 is 2.00 bits per heavy atom. The first kappa shape index (κ1) is 28.1. The zero-order valence-electron chi connectivity index (χ0n) is 23.9. The summed E-state index contributed by atoms with van der Waals surface area (Å²) >= 11 is 0. The van der Waals surface area contributed by atoms with Crippen LogP contribution in [0, 0.1) is 12.8 Å². The van der Waals surface area contributed by atoms with Gasteiger partial charge in [-0.3, -0.25) is 0 Å². The smallest absolute Gasteiger partial charge is 0.336 e. The molecular formula is C35H37N3O3.